The molecule has 0 atom stereocenters. The molecule has 0 aliphatic heterocycles. The highest BCUT2D eigenvalue weighted by Gasteiger charge is 2.26. The van der Waals surface area contributed by atoms with Crippen LogP contribution in [0.1, 0.15) is 52.0 Å². The van der Waals surface area contributed by atoms with Crippen molar-refractivity contribution >= 4 is 17.1 Å². The average molecular weight is 368 g/mol. The van der Waals surface area contributed by atoms with Gasteiger partial charge in [-0.1, -0.05) is 0 Å². The molecule has 142 valence electrons. The number of hydrogen-bond donors (Lipinski definition) is 1. The number of amides is 1. The third kappa shape index (κ3) is 4.85. The van der Waals surface area contributed by atoms with Crippen molar-refractivity contribution in [2.75, 3.05) is 0 Å². The number of carbonyl (C=O) groups is 1. The van der Waals surface area contributed by atoms with E-state index in [1.165, 1.54) is 0 Å². The number of alkyl carbamates (subject to hydrolysis) is 1. The van der Waals surface area contributed by atoms with Crippen LogP contribution in [0.2, 0.25) is 0 Å². The Morgan fingerprint density at radius 2 is 1.81 bits per heavy atom. The molecular weight excluding hydrogens is 344 g/mol. The van der Waals surface area contributed by atoms with Crippen molar-refractivity contribution in [3.63, 3.8) is 0 Å². The van der Waals surface area contributed by atoms with E-state index < -0.39 is 5.60 Å². The van der Waals surface area contributed by atoms with E-state index in [1.54, 1.807) is 24.5 Å². The number of hydrogen-bond acceptors (Lipinski definition) is 6. The monoisotopic (exact) mass is 368 g/mol. The molecule has 1 saturated carbocycles. The van der Waals surface area contributed by atoms with Crippen LogP contribution in [0.3, 0.4) is 0 Å². The number of nitrogens with zero attached hydrogens (tertiary/aromatic N) is 3. The fourth-order valence-electron chi connectivity index (χ4n) is 3.20. The summed E-state index contributed by atoms with van der Waals surface area (Å²) in [6.45, 7) is 5.55. The lowest BCUT2D eigenvalue weighted by molar-refractivity contribution is 0.0471. The lowest BCUT2D eigenvalue weighted by atomic mass is 9.93. The molecule has 1 N–H and O–H groups in total. The molecule has 1 aliphatic carbocycles. The van der Waals surface area contributed by atoms with Gasteiger partial charge >= 0.3 is 6.09 Å². The molecular formula is C20H24N4O3. The molecule has 0 radical (unpaired) electrons. The first-order valence-electron chi connectivity index (χ1n) is 9.16. The number of benzene rings is 1. The zero-order valence-electron chi connectivity index (χ0n) is 15.9. The predicted molar refractivity (Wildman–Crippen MR) is 100 cm³/mol. The first-order valence-corrected chi connectivity index (χ1v) is 9.16. The van der Waals surface area contributed by atoms with Crippen LogP contribution in [0, 0.1) is 11.3 Å². The van der Waals surface area contributed by atoms with E-state index in [9.17, 15) is 10.1 Å². The number of nitrogens with one attached hydrogen (secondary N) is 1. The van der Waals surface area contributed by atoms with Crippen molar-refractivity contribution < 1.29 is 14.3 Å². The van der Waals surface area contributed by atoms with Gasteiger partial charge in [0.15, 0.2) is 0 Å². The second-order valence-electron chi connectivity index (χ2n) is 7.71. The Morgan fingerprint density at radius 3 is 2.44 bits per heavy atom. The minimum Gasteiger partial charge on any atom is -0.488 e. The molecule has 1 aromatic carbocycles. The van der Waals surface area contributed by atoms with Gasteiger partial charge in [-0.3, -0.25) is 4.98 Å². The van der Waals surface area contributed by atoms with Crippen LogP contribution in [-0.2, 0) is 4.74 Å². The summed E-state index contributed by atoms with van der Waals surface area (Å²) in [6, 6.07) is 5.71. The van der Waals surface area contributed by atoms with E-state index in [0.29, 0.717) is 22.3 Å². The molecule has 0 unspecified atom stereocenters. The van der Waals surface area contributed by atoms with Crippen LogP contribution in [0.25, 0.3) is 11.0 Å². The summed E-state index contributed by atoms with van der Waals surface area (Å²) >= 11 is 0. The van der Waals surface area contributed by atoms with Gasteiger partial charge < -0.3 is 14.8 Å². The average Bonchev–Trinajstić information content (AvgIpc) is 2.62. The van der Waals surface area contributed by atoms with Crippen molar-refractivity contribution in [1.82, 2.24) is 15.3 Å². The maximum atomic E-state index is 11.9. The topological polar surface area (TPSA) is 97.1 Å². The Bertz CT molecular complexity index is 862. The van der Waals surface area contributed by atoms with Crippen LogP contribution in [0.15, 0.2) is 24.5 Å². The van der Waals surface area contributed by atoms with Crippen LogP contribution >= 0.6 is 0 Å². The second-order valence-corrected chi connectivity index (χ2v) is 7.71. The molecule has 3 rings (SSSR count). The molecule has 7 nitrogen and oxygen atoms in total. The smallest absolute Gasteiger partial charge is 0.407 e. The van der Waals surface area contributed by atoms with Crippen LogP contribution in [-0.4, -0.2) is 33.8 Å². The van der Waals surface area contributed by atoms with Gasteiger partial charge in [-0.05, 0) is 58.6 Å². The molecule has 0 saturated heterocycles. The van der Waals surface area contributed by atoms with Crippen LogP contribution in [0.5, 0.6) is 5.75 Å². The number of nitriles is 1. The minimum atomic E-state index is -0.498. The van der Waals surface area contributed by atoms with Gasteiger partial charge in [-0.25, -0.2) is 9.78 Å². The van der Waals surface area contributed by atoms with Gasteiger partial charge in [0.05, 0.1) is 11.7 Å². The van der Waals surface area contributed by atoms with Crippen molar-refractivity contribution in [2.24, 2.45) is 0 Å². The summed E-state index contributed by atoms with van der Waals surface area (Å²) in [7, 11) is 0. The molecule has 2 aromatic rings. The third-order valence-corrected chi connectivity index (χ3v) is 4.40. The van der Waals surface area contributed by atoms with Crippen molar-refractivity contribution in [3.8, 4) is 11.8 Å². The summed E-state index contributed by atoms with van der Waals surface area (Å²) in [5.74, 6) is 0.639. The zero-order valence-corrected chi connectivity index (χ0v) is 15.9. The van der Waals surface area contributed by atoms with Crippen LogP contribution < -0.4 is 10.1 Å². The highest BCUT2D eigenvalue weighted by Crippen LogP contribution is 2.29. The molecule has 27 heavy (non-hydrogen) atoms. The van der Waals surface area contributed by atoms with E-state index in [4.69, 9.17) is 9.47 Å². The SMILES string of the molecule is CC(C)(C)OC(=O)NC1CCC(Oc2ccc(C#N)c3nccnc23)CC1. The molecule has 0 spiro atoms. The van der Waals surface area contributed by atoms with Crippen LogP contribution in [0.4, 0.5) is 4.79 Å². The highest BCUT2D eigenvalue weighted by molar-refractivity contribution is 5.85. The van der Waals surface area contributed by atoms with Crippen molar-refractivity contribution in [3.05, 3.63) is 30.1 Å². The molecule has 1 fully saturated rings. The van der Waals surface area contributed by atoms with Gasteiger partial charge in [0.25, 0.3) is 0 Å². The molecule has 0 bridgehead atoms. The van der Waals surface area contributed by atoms with Gasteiger partial charge in [0.2, 0.25) is 0 Å². The quantitative estimate of drug-likeness (QED) is 0.887. The van der Waals surface area contributed by atoms with Gasteiger partial charge in [-0.2, -0.15) is 5.26 Å². The summed E-state index contributed by atoms with van der Waals surface area (Å²) in [6.07, 6.45) is 6.12. The summed E-state index contributed by atoms with van der Waals surface area (Å²) < 4.78 is 11.5. The maximum Gasteiger partial charge on any atom is 0.407 e. The molecule has 1 heterocycles. The predicted octanol–water partition coefficient (Wildman–Crippen LogP) is 3.72. The molecule has 7 heteroatoms. The molecule has 1 aliphatic rings. The fourth-order valence-corrected chi connectivity index (χ4v) is 3.20. The van der Waals surface area contributed by atoms with Crippen molar-refractivity contribution in [1.29, 1.82) is 5.26 Å². The Morgan fingerprint density at radius 1 is 1.15 bits per heavy atom. The minimum absolute atomic E-state index is 0.0415. The van der Waals surface area contributed by atoms with Gasteiger partial charge in [-0.15, -0.1) is 0 Å². The lowest BCUT2D eigenvalue weighted by Crippen LogP contribution is -2.42. The number of carbonyl (C=O) groups excluding carboxylic acids is 1. The summed E-state index contributed by atoms with van der Waals surface area (Å²) in [4.78, 5) is 20.5. The number of rotatable bonds is 3. The standard InChI is InChI=1S/C20H24N4O3/c1-20(2,3)27-19(25)24-14-5-7-15(8-6-14)26-16-9-4-13(12-21)17-18(16)23-11-10-22-17/h4,9-11,14-15H,5-8H2,1-3H3,(H,24,25). The van der Waals surface area contributed by atoms with Crippen molar-refractivity contribution in [2.45, 2.75) is 64.2 Å². The normalized spacial score (nSPS) is 19.9. The number of fused-ring (bicyclic) bond motifs is 1. The Kier molecular flexibility index (Phi) is 5.45. The first-order chi connectivity index (χ1) is 12.9. The zero-order chi connectivity index (χ0) is 19.4. The Hall–Kier alpha value is -2.88. The van der Waals surface area contributed by atoms with E-state index in [2.05, 4.69) is 21.4 Å². The Labute approximate surface area is 158 Å². The first kappa shape index (κ1) is 18.9. The fraction of sp³-hybridized carbons (Fsp3) is 0.500. The number of ether oxygens (including phenoxy) is 2. The number of aromatic nitrogens is 2. The van der Waals surface area contributed by atoms with E-state index in [1.807, 2.05) is 20.8 Å². The largest absolute Gasteiger partial charge is 0.488 e. The van der Waals surface area contributed by atoms with E-state index in [0.717, 1.165) is 25.7 Å². The Balaban J connectivity index is 1.60. The summed E-state index contributed by atoms with van der Waals surface area (Å²) in [5.41, 5.74) is 1.14. The third-order valence-electron chi connectivity index (χ3n) is 4.40. The van der Waals surface area contributed by atoms with E-state index >= 15 is 0 Å². The molecule has 1 aromatic heterocycles. The van der Waals surface area contributed by atoms with Gasteiger partial charge in [0.1, 0.15) is 28.5 Å². The molecule has 1 amide bonds. The highest BCUT2D eigenvalue weighted by atomic mass is 16.6. The maximum absolute atomic E-state index is 11.9. The van der Waals surface area contributed by atoms with E-state index in [-0.39, 0.29) is 18.2 Å². The van der Waals surface area contributed by atoms with Gasteiger partial charge in [0, 0.05) is 18.4 Å². The second kappa shape index (κ2) is 7.78. The lowest BCUT2D eigenvalue weighted by Gasteiger charge is -2.30. The summed E-state index contributed by atoms with van der Waals surface area (Å²) in [5, 5.41) is 12.1.